The molecule has 2 amide bonds. The Balaban J connectivity index is 1.37. The van der Waals surface area contributed by atoms with Crippen LogP contribution in [0.15, 0.2) is 46.0 Å². The van der Waals surface area contributed by atoms with Gasteiger partial charge >= 0.3 is 0 Å². The van der Waals surface area contributed by atoms with Crippen LogP contribution in [0.25, 0.3) is 0 Å². The van der Waals surface area contributed by atoms with E-state index < -0.39 is 16.1 Å². The molecule has 2 aliphatic rings. The Morgan fingerprint density at radius 3 is 2.48 bits per heavy atom. The molecule has 31 heavy (non-hydrogen) atoms. The maximum atomic E-state index is 12.9. The molecule has 3 heterocycles. The highest BCUT2D eigenvalue weighted by molar-refractivity contribution is 7.99. The van der Waals surface area contributed by atoms with Crippen LogP contribution in [-0.2, 0) is 26.0 Å². The van der Waals surface area contributed by atoms with Gasteiger partial charge in [0.1, 0.15) is 10.3 Å². The van der Waals surface area contributed by atoms with Gasteiger partial charge in [0, 0.05) is 36.8 Å². The lowest BCUT2D eigenvalue weighted by molar-refractivity contribution is -0.130. The van der Waals surface area contributed by atoms with E-state index in [1.54, 1.807) is 29.6 Å². The fraction of sp³-hybridized carbons (Fsp3) is 0.429. The molecule has 10 heteroatoms. The summed E-state index contributed by atoms with van der Waals surface area (Å²) in [6.07, 6.45) is 1.49. The molecule has 1 unspecified atom stereocenters. The molecule has 2 aliphatic heterocycles. The lowest BCUT2D eigenvalue weighted by Gasteiger charge is -2.26. The van der Waals surface area contributed by atoms with E-state index in [1.165, 1.54) is 4.31 Å². The Morgan fingerprint density at radius 1 is 1.06 bits per heavy atom. The molecule has 0 radical (unpaired) electrons. The van der Waals surface area contributed by atoms with Crippen molar-refractivity contribution in [1.82, 2.24) is 9.21 Å². The third kappa shape index (κ3) is 5.14. The van der Waals surface area contributed by atoms with Gasteiger partial charge in [-0.15, -0.1) is 11.3 Å². The first-order chi connectivity index (χ1) is 14.9. The normalized spacial score (nSPS) is 20.0. The van der Waals surface area contributed by atoms with E-state index >= 15 is 0 Å². The maximum Gasteiger partial charge on any atom is 0.253 e. The lowest BCUT2D eigenvalue weighted by atomic mass is 10.1. The second kappa shape index (κ2) is 9.72. The maximum absolute atomic E-state index is 12.9. The molecule has 2 saturated heterocycles. The van der Waals surface area contributed by atoms with Gasteiger partial charge in [0.25, 0.3) is 10.0 Å². The van der Waals surface area contributed by atoms with E-state index in [-0.39, 0.29) is 16.0 Å². The van der Waals surface area contributed by atoms with Gasteiger partial charge in [-0.3, -0.25) is 9.59 Å². The number of sulfonamides is 1. The number of rotatable bonds is 6. The minimum absolute atomic E-state index is 0.123. The van der Waals surface area contributed by atoms with Crippen LogP contribution in [0.5, 0.6) is 0 Å². The lowest BCUT2D eigenvalue weighted by Crippen LogP contribution is -2.42. The number of thioether (sulfide) groups is 1. The molecule has 0 bridgehead atoms. The summed E-state index contributed by atoms with van der Waals surface area (Å²) in [7, 11) is -3.67. The zero-order chi connectivity index (χ0) is 21.8. The summed E-state index contributed by atoms with van der Waals surface area (Å²) in [6.45, 7) is 1.93. The van der Waals surface area contributed by atoms with Crippen LogP contribution < -0.4 is 5.32 Å². The van der Waals surface area contributed by atoms with Gasteiger partial charge < -0.3 is 10.2 Å². The third-order valence-electron chi connectivity index (χ3n) is 5.50. The number of hydrogen-bond donors (Lipinski definition) is 1. The highest BCUT2D eigenvalue weighted by Crippen LogP contribution is 2.29. The van der Waals surface area contributed by atoms with Crippen molar-refractivity contribution in [2.24, 2.45) is 0 Å². The quantitative estimate of drug-likeness (QED) is 0.688. The summed E-state index contributed by atoms with van der Waals surface area (Å²) in [5, 5.41) is 4.55. The van der Waals surface area contributed by atoms with E-state index in [0.717, 1.165) is 41.5 Å². The fourth-order valence-electron chi connectivity index (χ4n) is 3.85. The van der Waals surface area contributed by atoms with Crippen molar-refractivity contribution in [3.8, 4) is 0 Å². The van der Waals surface area contributed by atoms with Crippen molar-refractivity contribution in [2.45, 2.75) is 29.5 Å². The number of amides is 2. The molecule has 7 nitrogen and oxygen atoms in total. The monoisotopic (exact) mass is 479 g/mol. The third-order valence-corrected chi connectivity index (χ3v) is 9.73. The number of benzene rings is 1. The van der Waals surface area contributed by atoms with Crippen LogP contribution >= 0.6 is 23.1 Å². The van der Waals surface area contributed by atoms with Crippen molar-refractivity contribution >= 4 is 50.6 Å². The number of nitrogens with zero attached hydrogens (tertiary/aromatic N) is 2. The Bertz CT molecular complexity index is 1020. The summed E-state index contributed by atoms with van der Waals surface area (Å²) < 4.78 is 27.3. The van der Waals surface area contributed by atoms with E-state index in [4.69, 9.17) is 0 Å². The molecule has 0 aliphatic carbocycles. The topological polar surface area (TPSA) is 86.8 Å². The molecule has 1 aromatic carbocycles. The predicted octanol–water partition coefficient (Wildman–Crippen LogP) is 2.66. The zero-order valence-electron chi connectivity index (χ0n) is 17.0. The van der Waals surface area contributed by atoms with Gasteiger partial charge in [-0.25, -0.2) is 8.42 Å². The Morgan fingerprint density at radius 2 is 1.81 bits per heavy atom. The summed E-state index contributed by atoms with van der Waals surface area (Å²) in [5.41, 5.74) is 1.49. The number of thiophene rings is 1. The van der Waals surface area contributed by atoms with Crippen molar-refractivity contribution < 1.29 is 18.0 Å². The Kier molecular flexibility index (Phi) is 7.00. The van der Waals surface area contributed by atoms with Gasteiger partial charge in [-0.2, -0.15) is 16.1 Å². The second-order valence-corrected chi connectivity index (χ2v) is 11.9. The van der Waals surface area contributed by atoms with Gasteiger partial charge in [-0.1, -0.05) is 18.2 Å². The largest absolute Gasteiger partial charge is 0.341 e. The first-order valence-electron chi connectivity index (χ1n) is 10.3. The van der Waals surface area contributed by atoms with Crippen LogP contribution in [0.4, 0.5) is 5.69 Å². The van der Waals surface area contributed by atoms with E-state index in [9.17, 15) is 18.0 Å². The van der Waals surface area contributed by atoms with Crippen LogP contribution in [0, 0.1) is 0 Å². The fourth-order valence-corrected chi connectivity index (χ4v) is 7.53. The van der Waals surface area contributed by atoms with Crippen LogP contribution in [0.2, 0.25) is 0 Å². The standard InChI is InChI=1S/C21H25N3O4S3/c25-19(23-10-13-29-14-11-23)15-16-5-7-17(8-6-16)22-21(26)18-3-1-9-24(18)31(27,28)20-4-2-12-30-20/h2,4-8,12,18H,1,3,9-11,13-15H2,(H,22,26). The van der Waals surface area contributed by atoms with Crippen LogP contribution in [0.3, 0.4) is 0 Å². The summed E-state index contributed by atoms with van der Waals surface area (Å²) >= 11 is 3.02. The molecular weight excluding hydrogens is 454 g/mol. The molecular formula is C21H25N3O4S3. The number of carbonyl (C=O) groups excluding carboxylic acids is 2. The Hall–Kier alpha value is -1.88. The molecule has 0 spiro atoms. The smallest absolute Gasteiger partial charge is 0.253 e. The average molecular weight is 480 g/mol. The van der Waals surface area contributed by atoms with Gasteiger partial charge in [0.05, 0.1) is 6.42 Å². The first kappa shape index (κ1) is 22.3. The van der Waals surface area contributed by atoms with Crippen LogP contribution in [0.1, 0.15) is 18.4 Å². The first-order valence-corrected chi connectivity index (χ1v) is 13.7. The predicted molar refractivity (Wildman–Crippen MR) is 124 cm³/mol. The van der Waals surface area contributed by atoms with Gasteiger partial charge in [-0.05, 0) is 42.0 Å². The Labute approximate surface area is 190 Å². The van der Waals surface area contributed by atoms with Crippen molar-refractivity contribution in [3.05, 3.63) is 47.3 Å². The number of anilines is 1. The van der Waals surface area contributed by atoms with E-state index in [2.05, 4.69) is 5.32 Å². The number of hydrogen-bond acceptors (Lipinski definition) is 6. The molecule has 0 saturated carbocycles. The number of carbonyl (C=O) groups is 2. The molecule has 1 aromatic heterocycles. The molecule has 1 N–H and O–H groups in total. The summed E-state index contributed by atoms with van der Waals surface area (Å²) in [5.74, 6) is 1.76. The highest BCUT2D eigenvalue weighted by atomic mass is 32.2. The minimum Gasteiger partial charge on any atom is -0.341 e. The summed E-state index contributed by atoms with van der Waals surface area (Å²) in [4.78, 5) is 27.1. The van der Waals surface area contributed by atoms with Crippen molar-refractivity contribution in [3.63, 3.8) is 0 Å². The molecule has 1 atom stereocenters. The van der Waals surface area contributed by atoms with Crippen LogP contribution in [-0.4, -0.2) is 66.6 Å². The molecule has 2 aromatic rings. The van der Waals surface area contributed by atoms with Crippen molar-refractivity contribution in [1.29, 1.82) is 0 Å². The number of nitrogens with one attached hydrogen (secondary N) is 1. The molecule has 2 fully saturated rings. The molecule has 166 valence electrons. The van der Waals surface area contributed by atoms with E-state index in [0.29, 0.717) is 31.5 Å². The second-order valence-electron chi connectivity index (χ2n) is 7.56. The van der Waals surface area contributed by atoms with Gasteiger partial charge in [0.15, 0.2) is 0 Å². The highest BCUT2D eigenvalue weighted by Gasteiger charge is 2.39. The SMILES string of the molecule is O=C(Nc1ccc(CC(=O)N2CCSCC2)cc1)C1CCCN1S(=O)(=O)c1cccs1. The zero-order valence-corrected chi connectivity index (χ0v) is 19.5. The minimum atomic E-state index is -3.67. The summed E-state index contributed by atoms with van der Waals surface area (Å²) in [6, 6.07) is 9.74. The van der Waals surface area contributed by atoms with Gasteiger partial charge in [0.2, 0.25) is 11.8 Å². The van der Waals surface area contributed by atoms with E-state index in [1.807, 2.05) is 28.8 Å². The van der Waals surface area contributed by atoms with Crippen molar-refractivity contribution in [2.75, 3.05) is 36.5 Å². The molecule has 4 rings (SSSR count). The average Bonchev–Trinajstić information content (AvgIpc) is 3.48.